The third kappa shape index (κ3) is 4.34. The fourth-order valence-electron chi connectivity index (χ4n) is 1.83. The lowest BCUT2D eigenvalue weighted by Gasteiger charge is -2.15. The average molecular weight is 499 g/mol. The molecule has 1 atom stereocenters. The summed E-state index contributed by atoms with van der Waals surface area (Å²) in [5, 5.41) is 3.87. The number of amides is 1. The molecule has 0 bridgehead atoms. The monoisotopic (exact) mass is 497 g/mol. The minimum absolute atomic E-state index is 0.112. The van der Waals surface area contributed by atoms with Gasteiger partial charge in [-0.25, -0.2) is 0 Å². The fraction of sp³-hybridized carbons (Fsp3) is 0.133. The van der Waals surface area contributed by atoms with Gasteiger partial charge in [-0.15, -0.1) is 0 Å². The fourth-order valence-corrected chi connectivity index (χ4v) is 3.14. The Hall–Kier alpha value is -0.300. The summed E-state index contributed by atoms with van der Waals surface area (Å²) in [6, 6.07) is 10.9. The van der Waals surface area contributed by atoms with E-state index in [2.05, 4.69) is 21.2 Å². The Kier molecular flexibility index (Phi) is 5.94. The van der Waals surface area contributed by atoms with Crippen LogP contribution >= 0.6 is 61.7 Å². The van der Waals surface area contributed by atoms with Crippen molar-refractivity contribution in [3.8, 4) is 0 Å². The molecule has 0 aliphatic carbocycles. The Morgan fingerprint density at radius 3 is 2.48 bits per heavy atom. The molecule has 2 nitrogen and oxygen atoms in total. The highest BCUT2D eigenvalue weighted by Crippen LogP contribution is 2.27. The summed E-state index contributed by atoms with van der Waals surface area (Å²) in [5.41, 5.74) is 1.51. The Balaban J connectivity index is 2.20. The van der Waals surface area contributed by atoms with Gasteiger partial charge in [0.25, 0.3) is 5.91 Å². The lowest BCUT2D eigenvalue weighted by Crippen LogP contribution is -2.27. The molecule has 0 radical (unpaired) electrons. The summed E-state index contributed by atoms with van der Waals surface area (Å²) in [4.78, 5) is 12.4. The van der Waals surface area contributed by atoms with Crippen LogP contribution < -0.4 is 5.32 Å². The highest BCUT2D eigenvalue weighted by atomic mass is 127. The molecule has 0 aromatic heterocycles. The number of nitrogens with one attached hydrogen (secondary N) is 1. The maximum atomic E-state index is 12.4. The first kappa shape index (κ1) is 17.1. The van der Waals surface area contributed by atoms with Crippen LogP contribution in [0, 0.1) is 3.57 Å². The van der Waals surface area contributed by atoms with Gasteiger partial charge in [0.15, 0.2) is 0 Å². The van der Waals surface area contributed by atoms with Crippen molar-refractivity contribution in [1.29, 1.82) is 0 Å². The maximum absolute atomic E-state index is 12.4. The van der Waals surface area contributed by atoms with E-state index in [1.54, 1.807) is 12.1 Å². The molecule has 0 saturated heterocycles. The molecule has 21 heavy (non-hydrogen) atoms. The number of halogens is 4. The van der Waals surface area contributed by atoms with E-state index in [-0.39, 0.29) is 11.9 Å². The Bertz CT molecular complexity index is 676. The van der Waals surface area contributed by atoms with Crippen molar-refractivity contribution in [2.24, 2.45) is 0 Å². The highest BCUT2D eigenvalue weighted by molar-refractivity contribution is 14.1. The maximum Gasteiger partial charge on any atom is 0.252 e. The number of carbonyl (C=O) groups is 1. The normalized spacial score (nSPS) is 12.0. The van der Waals surface area contributed by atoms with Crippen molar-refractivity contribution in [2.45, 2.75) is 13.0 Å². The van der Waals surface area contributed by atoms with Crippen molar-refractivity contribution in [2.75, 3.05) is 0 Å². The third-order valence-corrected chi connectivity index (χ3v) is 5.48. The molecular formula is C15H11BrCl2INO. The lowest BCUT2D eigenvalue weighted by atomic mass is 10.1. The zero-order valence-electron chi connectivity index (χ0n) is 11.0. The quantitative estimate of drug-likeness (QED) is 0.417. The van der Waals surface area contributed by atoms with Gasteiger partial charge in [-0.3, -0.25) is 4.79 Å². The zero-order chi connectivity index (χ0) is 15.6. The first-order valence-electron chi connectivity index (χ1n) is 6.09. The third-order valence-electron chi connectivity index (χ3n) is 2.96. The first-order chi connectivity index (χ1) is 9.88. The molecule has 0 aliphatic heterocycles. The van der Waals surface area contributed by atoms with Crippen LogP contribution in [-0.2, 0) is 0 Å². The number of carbonyl (C=O) groups excluding carboxylic acids is 1. The van der Waals surface area contributed by atoms with Crippen molar-refractivity contribution in [1.82, 2.24) is 5.32 Å². The molecule has 2 aromatic carbocycles. The second-order valence-electron chi connectivity index (χ2n) is 4.50. The van der Waals surface area contributed by atoms with Gasteiger partial charge in [0.05, 0.1) is 16.6 Å². The molecule has 1 N–H and O–H groups in total. The molecular weight excluding hydrogens is 488 g/mol. The molecule has 6 heteroatoms. The molecule has 0 spiro atoms. The molecule has 0 heterocycles. The summed E-state index contributed by atoms with van der Waals surface area (Å²) in [6.07, 6.45) is 0. The largest absolute Gasteiger partial charge is 0.345 e. The van der Waals surface area contributed by atoms with E-state index in [0.717, 1.165) is 10.0 Å². The van der Waals surface area contributed by atoms with Crippen LogP contribution in [0.5, 0.6) is 0 Å². The van der Waals surface area contributed by atoms with E-state index in [4.69, 9.17) is 23.2 Å². The van der Waals surface area contributed by atoms with Gasteiger partial charge < -0.3 is 5.32 Å². The number of hydrogen-bond donors (Lipinski definition) is 1. The van der Waals surface area contributed by atoms with Crippen LogP contribution in [0.15, 0.2) is 40.9 Å². The van der Waals surface area contributed by atoms with E-state index in [0.29, 0.717) is 19.2 Å². The number of benzene rings is 2. The minimum Gasteiger partial charge on any atom is -0.345 e. The minimum atomic E-state index is -0.195. The van der Waals surface area contributed by atoms with E-state index >= 15 is 0 Å². The molecule has 0 fully saturated rings. The molecule has 0 saturated carbocycles. The molecule has 0 aliphatic rings. The SMILES string of the molecule is CC(NC(=O)c1cc(Cl)cc(Cl)c1I)c1ccc(Br)cc1. The summed E-state index contributed by atoms with van der Waals surface area (Å²) in [6.45, 7) is 1.93. The van der Waals surface area contributed by atoms with Crippen molar-refractivity contribution in [3.63, 3.8) is 0 Å². The predicted octanol–water partition coefficient (Wildman–Crippen LogP) is 5.85. The summed E-state index contributed by atoms with van der Waals surface area (Å²) >= 11 is 17.5. The zero-order valence-corrected chi connectivity index (χ0v) is 16.2. The molecule has 1 unspecified atom stereocenters. The van der Waals surface area contributed by atoms with E-state index in [1.807, 2.05) is 53.8 Å². The van der Waals surface area contributed by atoms with Gasteiger partial charge in [-0.1, -0.05) is 51.3 Å². The van der Waals surface area contributed by atoms with Gasteiger partial charge in [0.2, 0.25) is 0 Å². The van der Waals surface area contributed by atoms with Crippen LogP contribution in [0.25, 0.3) is 0 Å². The van der Waals surface area contributed by atoms with E-state index in [9.17, 15) is 4.79 Å². The lowest BCUT2D eigenvalue weighted by molar-refractivity contribution is 0.0939. The smallest absolute Gasteiger partial charge is 0.252 e. The van der Waals surface area contributed by atoms with Gasteiger partial charge in [-0.05, 0) is 59.3 Å². The van der Waals surface area contributed by atoms with Gasteiger partial charge in [-0.2, -0.15) is 0 Å². The topological polar surface area (TPSA) is 29.1 Å². The summed E-state index contributed by atoms with van der Waals surface area (Å²) in [7, 11) is 0. The Morgan fingerprint density at radius 2 is 1.86 bits per heavy atom. The van der Waals surface area contributed by atoms with Crippen molar-refractivity contribution in [3.05, 3.63) is 65.6 Å². The number of rotatable bonds is 3. The van der Waals surface area contributed by atoms with Crippen LogP contribution in [0.1, 0.15) is 28.9 Å². The van der Waals surface area contributed by atoms with Crippen LogP contribution in [0.2, 0.25) is 10.0 Å². The second kappa shape index (κ2) is 7.31. The molecule has 110 valence electrons. The van der Waals surface area contributed by atoms with E-state index in [1.165, 1.54) is 0 Å². The van der Waals surface area contributed by atoms with Crippen LogP contribution in [0.3, 0.4) is 0 Å². The van der Waals surface area contributed by atoms with Crippen LogP contribution in [0.4, 0.5) is 0 Å². The van der Waals surface area contributed by atoms with E-state index < -0.39 is 0 Å². The first-order valence-corrected chi connectivity index (χ1v) is 8.72. The summed E-state index contributed by atoms with van der Waals surface area (Å²) < 4.78 is 1.69. The van der Waals surface area contributed by atoms with Gasteiger partial charge in [0, 0.05) is 13.1 Å². The molecule has 2 aromatic rings. The standard InChI is InChI=1S/C15H11BrCl2INO/c1-8(9-2-4-10(16)5-3-9)20-15(21)12-6-11(17)7-13(18)14(12)19/h2-8H,1H3,(H,20,21). The second-order valence-corrected chi connectivity index (χ2v) is 7.33. The van der Waals surface area contributed by atoms with Crippen LogP contribution in [-0.4, -0.2) is 5.91 Å². The average Bonchev–Trinajstić information content (AvgIpc) is 2.43. The van der Waals surface area contributed by atoms with Crippen molar-refractivity contribution >= 4 is 67.6 Å². The van der Waals surface area contributed by atoms with Gasteiger partial charge in [0.1, 0.15) is 0 Å². The number of hydrogen-bond acceptors (Lipinski definition) is 1. The summed E-state index contributed by atoms with van der Waals surface area (Å²) in [5.74, 6) is -0.195. The highest BCUT2D eigenvalue weighted by Gasteiger charge is 2.16. The molecule has 1 amide bonds. The van der Waals surface area contributed by atoms with Gasteiger partial charge >= 0.3 is 0 Å². The molecule has 2 rings (SSSR count). The predicted molar refractivity (Wildman–Crippen MR) is 99.2 cm³/mol. The Morgan fingerprint density at radius 1 is 1.24 bits per heavy atom. The van der Waals surface area contributed by atoms with Crippen molar-refractivity contribution < 1.29 is 4.79 Å². The Labute approximate surface area is 155 Å².